The van der Waals surface area contributed by atoms with E-state index in [0.717, 1.165) is 19.4 Å². The second kappa shape index (κ2) is 6.02. The molecular formula is C16H25N. The molecule has 0 fully saturated rings. The van der Waals surface area contributed by atoms with Gasteiger partial charge in [0.1, 0.15) is 0 Å². The summed E-state index contributed by atoms with van der Waals surface area (Å²) in [4.78, 5) is 0. The Balaban J connectivity index is 2.67. The van der Waals surface area contributed by atoms with Crippen molar-refractivity contribution in [1.82, 2.24) is 5.32 Å². The van der Waals surface area contributed by atoms with E-state index in [9.17, 15) is 0 Å². The van der Waals surface area contributed by atoms with Gasteiger partial charge in [-0.25, -0.2) is 0 Å². The second-order valence-corrected chi connectivity index (χ2v) is 5.13. The van der Waals surface area contributed by atoms with Crippen molar-refractivity contribution in [2.75, 3.05) is 6.54 Å². The highest BCUT2D eigenvalue weighted by Crippen LogP contribution is 2.21. The number of nitrogens with one attached hydrogen (secondary N) is 1. The maximum Gasteiger partial charge on any atom is 0.0362 e. The third-order valence-electron chi connectivity index (χ3n) is 3.51. The van der Waals surface area contributed by atoms with Gasteiger partial charge in [-0.3, -0.25) is 0 Å². The number of likely N-dealkylation sites (N-methyl/N-ethyl adjacent to an activating group) is 1. The van der Waals surface area contributed by atoms with Crippen LogP contribution in [-0.4, -0.2) is 12.1 Å². The zero-order valence-corrected chi connectivity index (χ0v) is 11.6. The van der Waals surface area contributed by atoms with Gasteiger partial charge in [0.15, 0.2) is 0 Å². The van der Waals surface area contributed by atoms with Crippen LogP contribution in [0.1, 0.15) is 38.3 Å². The lowest BCUT2D eigenvalue weighted by atomic mass is 9.87. The summed E-state index contributed by atoms with van der Waals surface area (Å²) in [5.41, 5.74) is 4.02. The Morgan fingerprint density at radius 3 is 2.65 bits per heavy atom. The van der Waals surface area contributed by atoms with Crippen molar-refractivity contribution < 1.29 is 0 Å². The first-order chi connectivity index (χ1) is 7.98. The van der Waals surface area contributed by atoms with Gasteiger partial charge < -0.3 is 5.32 Å². The summed E-state index contributed by atoms with van der Waals surface area (Å²) in [6.45, 7) is 13.7. The fourth-order valence-corrected chi connectivity index (χ4v) is 2.10. The molecular weight excluding hydrogens is 206 g/mol. The van der Waals surface area contributed by atoms with Crippen LogP contribution in [0.15, 0.2) is 36.4 Å². The minimum Gasteiger partial charge on any atom is -0.308 e. The molecule has 1 N–H and O–H groups in total. The molecule has 17 heavy (non-hydrogen) atoms. The quantitative estimate of drug-likeness (QED) is 0.733. The first kappa shape index (κ1) is 14.0. The minimum atomic E-state index is 0.0541. The van der Waals surface area contributed by atoms with Gasteiger partial charge in [0.25, 0.3) is 0 Å². The van der Waals surface area contributed by atoms with Crippen molar-refractivity contribution in [3.63, 3.8) is 0 Å². The maximum atomic E-state index is 4.11. The first-order valence-corrected chi connectivity index (χ1v) is 6.44. The van der Waals surface area contributed by atoms with Gasteiger partial charge >= 0.3 is 0 Å². The van der Waals surface area contributed by atoms with E-state index in [1.165, 1.54) is 16.7 Å². The van der Waals surface area contributed by atoms with Gasteiger partial charge in [0, 0.05) is 5.54 Å². The molecule has 0 aliphatic carbocycles. The molecule has 1 aromatic carbocycles. The van der Waals surface area contributed by atoms with Crippen LogP contribution in [0.4, 0.5) is 0 Å². The van der Waals surface area contributed by atoms with Crippen molar-refractivity contribution >= 4 is 0 Å². The highest BCUT2D eigenvalue weighted by atomic mass is 15.0. The van der Waals surface area contributed by atoms with E-state index in [1.54, 1.807) is 0 Å². The molecule has 0 spiro atoms. The van der Waals surface area contributed by atoms with Gasteiger partial charge in [-0.2, -0.15) is 0 Å². The van der Waals surface area contributed by atoms with Gasteiger partial charge in [0.2, 0.25) is 0 Å². The monoisotopic (exact) mass is 231 g/mol. The normalized spacial score (nSPS) is 14.4. The fraction of sp³-hybridized carbons (Fsp3) is 0.500. The van der Waals surface area contributed by atoms with E-state index in [2.05, 4.69) is 63.9 Å². The fourth-order valence-electron chi connectivity index (χ4n) is 2.10. The van der Waals surface area contributed by atoms with E-state index >= 15 is 0 Å². The summed E-state index contributed by atoms with van der Waals surface area (Å²) >= 11 is 0. The molecule has 0 saturated heterocycles. The molecule has 0 bridgehead atoms. The number of hydrogen-bond donors (Lipinski definition) is 1. The zero-order chi connectivity index (χ0) is 12.9. The standard InChI is InChI=1S/C16H25N/c1-6-17-16(5,13(2)3)11-10-15-9-7-8-14(4)12-15/h7-9,12,17H,2,6,10-11H2,1,3-5H3. The summed E-state index contributed by atoms with van der Waals surface area (Å²) < 4.78 is 0. The Morgan fingerprint density at radius 1 is 1.41 bits per heavy atom. The Bertz CT molecular complexity index is 381. The van der Waals surface area contributed by atoms with Crippen LogP contribution in [0.2, 0.25) is 0 Å². The average molecular weight is 231 g/mol. The zero-order valence-electron chi connectivity index (χ0n) is 11.6. The van der Waals surface area contributed by atoms with Gasteiger partial charge in [-0.05, 0) is 45.7 Å². The topological polar surface area (TPSA) is 12.0 Å². The third kappa shape index (κ3) is 4.01. The molecule has 0 aromatic heterocycles. The summed E-state index contributed by atoms with van der Waals surface area (Å²) in [5, 5.41) is 3.54. The summed E-state index contributed by atoms with van der Waals surface area (Å²) in [6.07, 6.45) is 2.19. The Kier molecular flexibility index (Phi) is 4.95. The second-order valence-electron chi connectivity index (χ2n) is 5.13. The number of benzene rings is 1. The summed E-state index contributed by atoms with van der Waals surface area (Å²) in [7, 11) is 0. The molecule has 0 amide bonds. The van der Waals surface area contributed by atoms with Crippen LogP contribution in [0.25, 0.3) is 0 Å². The molecule has 1 heteroatoms. The van der Waals surface area contributed by atoms with Crippen molar-refractivity contribution in [1.29, 1.82) is 0 Å². The molecule has 1 rings (SSSR count). The molecule has 0 radical (unpaired) electrons. The van der Waals surface area contributed by atoms with Crippen molar-refractivity contribution in [2.24, 2.45) is 0 Å². The van der Waals surface area contributed by atoms with Crippen LogP contribution in [0, 0.1) is 6.92 Å². The molecule has 0 saturated carbocycles. The third-order valence-corrected chi connectivity index (χ3v) is 3.51. The molecule has 1 atom stereocenters. The summed E-state index contributed by atoms with van der Waals surface area (Å²) in [6, 6.07) is 8.75. The van der Waals surface area contributed by atoms with Crippen LogP contribution >= 0.6 is 0 Å². The summed E-state index contributed by atoms with van der Waals surface area (Å²) in [5.74, 6) is 0. The Hall–Kier alpha value is -1.08. The van der Waals surface area contributed by atoms with E-state index in [1.807, 2.05) is 0 Å². The van der Waals surface area contributed by atoms with E-state index in [0.29, 0.717) is 0 Å². The lowest BCUT2D eigenvalue weighted by molar-refractivity contribution is 0.397. The van der Waals surface area contributed by atoms with Gasteiger partial charge in [-0.15, -0.1) is 0 Å². The highest BCUT2D eigenvalue weighted by Gasteiger charge is 2.23. The van der Waals surface area contributed by atoms with Crippen molar-refractivity contribution in [2.45, 2.75) is 46.1 Å². The predicted octanol–water partition coefficient (Wildman–Crippen LogP) is 3.87. The highest BCUT2D eigenvalue weighted by molar-refractivity contribution is 5.23. The lowest BCUT2D eigenvalue weighted by Crippen LogP contribution is -2.43. The SMILES string of the molecule is C=C(C)C(C)(CCc1cccc(C)c1)NCC. The van der Waals surface area contributed by atoms with Crippen LogP contribution in [-0.2, 0) is 6.42 Å². The van der Waals surface area contributed by atoms with Gasteiger partial charge in [0.05, 0.1) is 0 Å². The molecule has 0 aliphatic heterocycles. The van der Waals surface area contributed by atoms with Crippen molar-refractivity contribution in [3.05, 3.63) is 47.5 Å². The smallest absolute Gasteiger partial charge is 0.0362 e. The molecule has 1 aromatic rings. The largest absolute Gasteiger partial charge is 0.308 e. The van der Waals surface area contributed by atoms with Crippen LogP contribution in [0.5, 0.6) is 0 Å². The predicted molar refractivity (Wildman–Crippen MR) is 76.4 cm³/mol. The number of aryl methyl sites for hydroxylation is 2. The molecule has 0 aliphatic rings. The number of rotatable bonds is 6. The average Bonchev–Trinajstić information content (AvgIpc) is 2.27. The number of hydrogen-bond acceptors (Lipinski definition) is 1. The Morgan fingerprint density at radius 2 is 2.12 bits per heavy atom. The molecule has 1 nitrogen and oxygen atoms in total. The minimum absolute atomic E-state index is 0.0541. The molecule has 94 valence electrons. The van der Waals surface area contributed by atoms with Gasteiger partial charge in [-0.1, -0.05) is 48.9 Å². The van der Waals surface area contributed by atoms with Crippen molar-refractivity contribution in [3.8, 4) is 0 Å². The molecule has 0 heterocycles. The van der Waals surface area contributed by atoms with Crippen LogP contribution in [0.3, 0.4) is 0 Å². The van der Waals surface area contributed by atoms with E-state index < -0.39 is 0 Å². The van der Waals surface area contributed by atoms with Crippen LogP contribution < -0.4 is 5.32 Å². The lowest BCUT2D eigenvalue weighted by Gasteiger charge is -2.31. The van der Waals surface area contributed by atoms with E-state index in [4.69, 9.17) is 0 Å². The Labute approximate surface area is 106 Å². The molecule has 1 unspecified atom stereocenters. The maximum absolute atomic E-state index is 4.11. The van der Waals surface area contributed by atoms with E-state index in [-0.39, 0.29) is 5.54 Å². The first-order valence-electron chi connectivity index (χ1n) is 6.44.